The molecule has 0 aliphatic carbocycles. The largest absolute Gasteiger partial charge is 0.394 e. The third-order valence-corrected chi connectivity index (χ3v) is 5.98. The minimum absolute atomic E-state index is 0.0157. The number of methoxy groups -OCH3 is 4. The van der Waals surface area contributed by atoms with Crippen molar-refractivity contribution in [3.05, 3.63) is 0 Å². The zero-order chi connectivity index (χ0) is 33.7. The van der Waals surface area contributed by atoms with Crippen molar-refractivity contribution in [1.82, 2.24) is 0 Å². The van der Waals surface area contributed by atoms with Gasteiger partial charge in [-0.25, -0.2) is 0 Å². The Morgan fingerprint density at radius 2 is 0.822 bits per heavy atom. The molecule has 3 saturated heterocycles. The van der Waals surface area contributed by atoms with Gasteiger partial charge >= 0.3 is 0 Å². The summed E-state index contributed by atoms with van der Waals surface area (Å²) in [5.41, 5.74) is 0. The van der Waals surface area contributed by atoms with Gasteiger partial charge in [0.2, 0.25) is 0 Å². The first-order valence-corrected chi connectivity index (χ1v) is 14.8. The molecule has 272 valence electrons. The summed E-state index contributed by atoms with van der Waals surface area (Å²) in [5, 5.41) is 52.0. The summed E-state index contributed by atoms with van der Waals surface area (Å²) in [6.45, 7) is 4.35. The van der Waals surface area contributed by atoms with Gasteiger partial charge in [0.1, 0.15) is 48.8 Å². The molecule has 6 unspecified atom stereocenters. The molecule has 3 aliphatic heterocycles. The molecule has 0 aromatic carbocycles. The van der Waals surface area contributed by atoms with E-state index in [4.69, 9.17) is 82.7 Å². The molecule has 3 fully saturated rings. The van der Waals surface area contributed by atoms with Crippen LogP contribution in [0.1, 0.15) is 0 Å². The van der Waals surface area contributed by atoms with Crippen LogP contribution in [0, 0.1) is 0 Å². The first-order chi connectivity index (χ1) is 21.8. The Hall–Kier alpha value is -0.680. The lowest BCUT2D eigenvalue weighted by molar-refractivity contribution is -0.161. The van der Waals surface area contributed by atoms with Gasteiger partial charge in [-0.15, -0.1) is 0 Å². The molecule has 3 aliphatic rings. The summed E-state index contributed by atoms with van der Waals surface area (Å²) in [6, 6.07) is 0. The van der Waals surface area contributed by atoms with E-state index in [1.54, 1.807) is 28.4 Å². The third-order valence-electron chi connectivity index (χ3n) is 5.98. The van der Waals surface area contributed by atoms with E-state index in [9.17, 15) is 0 Å². The number of rotatable bonds is 15. The molecular weight excluding hydrogens is 608 g/mol. The van der Waals surface area contributed by atoms with Crippen LogP contribution in [0.4, 0.5) is 0 Å². The van der Waals surface area contributed by atoms with Gasteiger partial charge in [-0.1, -0.05) is 0 Å². The van der Waals surface area contributed by atoms with E-state index in [0.717, 1.165) is 0 Å². The minimum atomic E-state index is -0.545. The Morgan fingerprint density at radius 3 is 1.18 bits per heavy atom. The molecule has 0 aromatic rings. The highest BCUT2D eigenvalue weighted by Crippen LogP contribution is 2.07. The molecule has 0 spiro atoms. The van der Waals surface area contributed by atoms with Crippen molar-refractivity contribution in [2.24, 2.45) is 0 Å². The fraction of sp³-hybridized carbons (Fsp3) is 1.00. The topological polar surface area (TPSA) is 223 Å². The molecule has 0 aromatic heterocycles. The molecule has 17 nitrogen and oxygen atoms in total. The number of hydrogen-bond donors (Lipinski definition) is 6. The van der Waals surface area contributed by atoms with Gasteiger partial charge in [0.15, 0.2) is 0 Å². The average molecular weight is 667 g/mol. The second-order valence-corrected chi connectivity index (χ2v) is 10.1. The van der Waals surface area contributed by atoms with E-state index in [2.05, 4.69) is 0 Å². The zero-order valence-electron chi connectivity index (χ0n) is 27.1. The maximum Gasteiger partial charge on any atom is 0.105 e. The second kappa shape index (κ2) is 30.6. The van der Waals surface area contributed by atoms with Gasteiger partial charge < -0.3 is 82.7 Å². The van der Waals surface area contributed by atoms with Crippen LogP contribution >= 0.6 is 0 Å². The third kappa shape index (κ3) is 23.3. The highest BCUT2D eigenvalue weighted by atomic mass is 16.6. The molecule has 6 N–H and O–H groups in total. The molecule has 6 atom stereocenters. The van der Waals surface area contributed by atoms with Crippen LogP contribution in [0.15, 0.2) is 0 Å². The summed E-state index contributed by atoms with van der Waals surface area (Å²) in [7, 11) is 6.53. The normalized spacial score (nSPS) is 26.9. The van der Waals surface area contributed by atoms with Crippen molar-refractivity contribution in [1.29, 1.82) is 0 Å². The Kier molecular flexibility index (Phi) is 30.2. The van der Waals surface area contributed by atoms with Crippen LogP contribution in [-0.2, 0) is 52.1 Å². The van der Waals surface area contributed by atoms with Crippen molar-refractivity contribution in [3.63, 3.8) is 0 Å². The highest BCUT2D eigenvalue weighted by Gasteiger charge is 2.22. The zero-order valence-corrected chi connectivity index (χ0v) is 27.1. The Morgan fingerprint density at radius 1 is 0.489 bits per heavy atom. The molecule has 0 saturated carbocycles. The van der Waals surface area contributed by atoms with E-state index in [1.165, 1.54) is 0 Å². The van der Waals surface area contributed by atoms with Crippen molar-refractivity contribution in [2.75, 3.05) is 134 Å². The highest BCUT2D eigenvalue weighted by molar-refractivity contribution is 4.67. The van der Waals surface area contributed by atoms with Crippen molar-refractivity contribution in [2.45, 2.75) is 48.8 Å². The SMILES string of the molecule is COCC(COC)OC(COC)COC.OCC1COC(CO)CO1.OCC1COCC(CO)O1.OCC1COCC(O)CO1. The van der Waals surface area contributed by atoms with Crippen molar-refractivity contribution < 1.29 is 82.7 Å². The summed E-state index contributed by atoms with van der Waals surface area (Å²) in [5.74, 6) is 0. The van der Waals surface area contributed by atoms with Crippen LogP contribution in [-0.4, -0.2) is 214 Å². The van der Waals surface area contributed by atoms with Crippen LogP contribution < -0.4 is 0 Å². The molecule has 0 radical (unpaired) electrons. The molecule has 3 rings (SSSR count). The minimum Gasteiger partial charge on any atom is -0.394 e. The fourth-order valence-electron chi connectivity index (χ4n) is 3.72. The first-order valence-electron chi connectivity index (χ1n) is 14.8. The summed E-state index contributed by atoms with van der Waals surface area (Å²) >= 11 is 0. The predicted octanol–water partition coefficient (Wildman–Crippen LogP) is -3.41. The van der Waals surface area contributed by atoms with Crippen molar-refractivity contribution >= 4 is 0 Å². The van der Waals surface area contributed by atoms with Gasteiger partial charge in [-0.3, -0.25) is 0 Å². The van der Waals surface area contributed by atoms with Gasteiger partial charge in [-0.05, 0) is 0 Å². The standard InChI is InChI=1S/C10H22O5.3C6H12O4/c1-11-5-9(6-12-2)15-10(7-13-3)8-14-4;7-1-6-4-9-2-5(8)3-10-6;7-1-5-3-10-6(2-8)4-9-5;7-1-5-3-9-4-6(2-8)10-5/h9-10H,5-8H2,1-4H3;3*5-8H,1-4H2. The van der Waals surface area contributed by atoms with Gasteiger partial charge in [-0.2, -0.15) is 0 Å². The Bertz CT molecular complexity index is 563. The average Bonchev–Trinajstić information content (AvgIpc) is 3.29. The van der Waals surface area contributed by atoms with Gasteiger partial charge in [0, 0.05) is 28.4 Å². The second-order valence-electron chi connectivity index (χ2n) is 10.1. The van der Waals surface area contributed by atoms with E-state index in [-0.39, 0.29) is 82.4 Å². The quantitative estimate of drug-likeness (QED) is 0.100. The summed E-state index contributed by atoms with van der Waals surface area (Å²) in [4.78, 5) is 0. The summed E-state index contributed by atoms with van der Waals surface area (Å²) in [6.07, 6.45) is -1.92. The lowest BCUT2D eigenvalue weighted by Crippen LogP contribution is -2.39. The summed E-state index contributed by atoms with van der Waals surface area (Å²) < 4.78 is 56.2. The van der Waals surface area contributed by atoms with Gasteiger partial charge in [0.25, 0.3) is 0 Å². The van der Waals surface area contributed by atoms with Crippen LogP contribution in [0.2, 0.25) is 0 Å². The van der Waals surface area contributed by atoms with Crippen LogP contribution in [0.3, 0.4) is 0 Å². The molecule has 17 heteroatoms. The van der Waals surface area contributed by atoms with E-state index < -0.39 is 6.10 Å². The molecule has 0 bridgehead atoms. The molecule has 45 heavy (non-hydrogen) atoms. The number of hydrogen-bond acceptors (Lipinski definition) is 17. The molecule has 0 amide bonds. The lowest BCUT2D eigenvalue weighted by Gasteiger charge is -2.27. The number of ether oxygens (including phenoxy) is 11. The Balaban J connectivity index is 0.000000582. The van der Waals surface area contributed by atoms with Crippen LogP contribution in [0.5, 0.6) is 0 Å². The maximum absolute atomic E-state index is 8.97. The number of aliphatic hydroxyl groups excluding tert-OH is 6. The number of aliphatic hydroxyl groups is 6. The molecule has 3 heterocycles. The molecular formula is C28H58O17. The van der Waals surface area contributed by atoms with Crippen LogP contribution in [0.25, 0.3) is 0 Å². The van der Waals surface area contributed by atoms with Gasteiger partial charge in [0.05, 0.1) is 106 Å². The smallest absolute Gasteiger partial charge is 0.105 e. The van der Waals surface area contributed by atoms with Crippen molar-refractivity contribution in [3.8, 4) is 0 Å². The maximum atomic E-state index is 8.97. The van der Waals surface area contributed by atoms with E-state index >= 15 is 0 Å². The van der Waals surface area contributed by atoms with E-state index in [1.807, 2.05) is 0 Å². The predicted molar refractivity (Wildman–Crippen MR) is 157 cm³/mol. The monoisotopic (exact) mass is 666 g/mol. The first kappa shape index (κ1) is 44.3. The lowest BCUT2D eigenvalue weighted by atomic mass is 10.3. The fourth-order valence-corrected chi connectivity index (χ4v) is 3.72. The van der Waals surface area contributed by atoms with E-state index in [0.29, 0.717) is 66.1 Å². The Labute approximate surface area is 266 Å².